The summed E-state index contributed by atoms with van der Waals surface area (Å²) >= 11 is 5.88. The number of anilines is 1. The molecule has 0 aromatic heterocycles. The van der Waals surface area contributed by atoms with Gasteiger partial charge in [0, 0.05) is 29.7 Å². The third-order valence-electron chi connectivity index (χ3n) is 5.63. The van der Waals surface area contributed by atoms with Crippen LogP contribution in [0, 0.1) is 5.92 Å². The first-order valence-corrected chi connectivity index (χ1v) is 11.4. The van der Waals surface area contributed by atoms with E-state index < -0.39 is 10.0 Å². The van der Waals surface area contributed by atoms with E-state index in [9.17, 15) is 13.2 Å². The van der Waals surface area contributed by atoms with Crippen molar-refractivity contribution in [2.24, 2.45) is 5.92 Å². The van der Waals surface area contributed by atoms with Crippen molar-refractivity contribution in [2.45, 2.75) is 43.5 Å². The van der Waals surface area contributed by atoms with Gasteiger partial charge in [-0.25, -0.2) is 8.42 Å². The van der Waals surface area contributed by atoms with Crippen LogP contribution in [0.25, 0.3) is 0 Å². The number of benzene rings is 2. The van der Waals surface area contributed by atoms with Gasteiger partial charge in [0.25, 0.3) is 0 Å². The number of rotatable bonds is 4. The number of fused-ring (bicyclic) bond motifs is 1. The summed E-state index contributed by atoms with van der Waals surface area (Å²) in [6.45, 7) is 0.735. The van der Waals surface area contributed by atoms with Crippen molar-refractivity contribution in [1.29, 1.82) is 0 Å². The van der Waals surface area contributed by atoms with E-state index >= 15 is 0 Å². The molecule has 1 N–H and O–H groups in total. The Bertz CT molecular complexity index is 983. The molecule has 7 heteroatoms. The van der Waals surface area contributed by atoms with Crippen LogP contribution in [0.5, 0.6) is 0 Å². The average Bonchev–Trinajstić information content (AvgIpc) is 3.23. The Hall–Kier alpha value is -1.89. The molecule has 1 aliphatic carbocycles. The fourth-order valence-corrected chi connectivity index (χ4v) is 5.55. The normalized spacial score (nSPS) is 18.0. The predicted molar refractivity (Wildman–Crippen MR) is 110 cm³/mol. The maximum atomic E-state index is 13.0. The second-order valence-corrected chi connectivity index (χ2v) is 9.87. The number of carbonyl (C=O) groups excluding carboxylic acids is 1. The Kier molecular flexibility index (Phi) is 5.45. The van der Waals surface area contributed by atoms with Crippen LogP contribution in [0.4, 0.5) is 5.69 Å². The Balaban J connectivity index is 1.52. The molecule has 5 nitrogen and oxygen atoms in total. The third-order valence-corrected chi connectivity index (χ3v) is 7.74. The van der Waals surface area contributed by atoms with Crippen LogP contribution >= 0.6 is 11.6 Å². The Morgan fingerprint density at radius 1 is 1.04 bits per heavy atom. The quantitative estimate of drug-likeness (QED) is 0.808. The molecule has 1 saturated carbocycles. The van der Waals surface area contributed by atoms with Gasteiger partial charge in [-0.2, -0.15) is 4.31 Å². The molecule has 0 bridgehead atoms. The molecule has 148 valence electrons. The van der Waals surface area contributed by atoms with E-state index in [1.807, 2.05) is 18.2 Å². The number of amides is 1. The molecule has 0 radical (unpaired) electrons. The van der Waals surface area contributed by atoms with Gasteiger partial charge in [-0.15, -0.1) is 0 Å². The zero-order valence-electron chi connectivity index (χ0n) is 15.5. The standard InChI is InChI=1S/C21H23ClN2O3S/c22-18-6-9-20(10-7-18)28(26,27)24-12-11-15-5-8-19(13-17(15)14-24)23-21(25)16-3-1-2-4-16/h5-10,13,16H,1-4,11-12,14H2,(H,23,25). The Morgan fingerprint density at radius 3 is 2.46 bits per heavy atom. The molecule has 2 aliphatic rings. The molecule has 2 aromatic carbocycles. The van der Waals surface area contributed by atoms with Crippen molar-refractivity contribution in [2.75, 3.05) is 11.9 Å². The number of nitrogens with zero attached hydrogens (tertiary/aromatic N) is 1. The molecule has 1 fully saturated rings. The second kappa shape index (κ2) is 7.85. The topological polar surface area (TPSA) is 66.5 Å². The molecule has 0 saturated heterocycles. The average molecular weight is 419 g/mol. The molecule has 2 aromatic rings. The summed E-state index contributed by atoms with van der Waals surface area (Å²) in [5.41, 5.74) is 2.80. The van der Waals surface area contributed by atoms with E-state index in [4.69, 9.17) is 11.6 Å². The summed E-state index contributed by atoms with van der Waals surface area (Å²) < 4.78 is 27.4. The zero-order chi connectivity index (χ0) is 19.7. The molecule has 0 unspecified atom stereocenters. The van der Waals surface area contributed by atoms with E-state index in [0.29, 0.717) is 24.5 Å². The van der Waals surface area contributed by atoms with Crippen LogP contribution < -0.4 is 5.32 Å². The Morgan fingerprint density at radius 2 is 1.75 bits per heavy atom. The van der Waals surface area contributed by atoms with Crippen molar-refractivity contribution in [3.63, 3.8) is 0 Å². The summed E-state index contributed by atoms with van der Waals surface area (Å²) in [5, 5.41) is 3.51. The molecular weight excluding hydrogens is 396 g/mol. The van der Waals surface area contributed by atoms with Crippen molar-refractivity contribution in [3.05, 3.63) is 58.6 Å². The maximum absolute atomic E-state index is 13.0. The maximum Gasteiger partial charge on any atom is 0.243 e. The van der Waals surface area contributed by atoms with Crippen molar-refractivity contribution in [1.82, 2.24) is 4.31 Å². The minimum Gasteiger partial charge on any atom is -0.326 e. The fraction of sp³-hybridized carbons (Fsp3) is 0.381. The van der Waals surface area contributed by atoms with Gasteiger partial charge in [0.1, 0.15) is 0 Å². The number of nitrogens with one attached hydrogen (secondary N) is 1. The smallest absolute Gasteiger partial charge is 0.243 e. The molecule has 0 atom stereocenters. The highest BCUT2D eigenvalue weighted by molar-refractivity contribution is 7.89. The summed E-state index contributed by atoms with van der Waals surface area (Å²) in [4.78, 5) is 12.6. The highest BCUT2D eigenvalue weighted by Gasteiger charge is 2.29. The molecule has 0 spiro atoms. The molecule has 1 amide bonds. The van der Waals surface area contributed by atoms with E-state index in [-0.39, 0.29) is 16.7 Å². The number of carbonyl (C=O) groups is 1. The molecule has 4 rings (SSSR count). The highest BCUT2D eigenvalue weighted by atomic mass is 35.5. The molecule has 1 aliphatic heterocycles. The number of hydrogen-bond acceptors (Lipinski definition) is 3. The van der Waals surface area contributed by atoms with Gasteiger partial charge in [0.2, 0.25) is 15.9 Å². The van der Waals surface area contributed by atoms with Gasteiger partial charge in [-0.05, 0) is 66.8 Å². The van der Waals surface area contributed by atoms with E-state index in [0.717, 1.165) is 42.5 Å². The predicted octanol–water partition coefficient (Wildman–Crippen LogP) is 4.22. The second-order valence-electron chi connectivity index (χ2n) is 7.50. The van der Waals surface area contributed by atoms with Gasteiger partial charge in [0.15, 0.2) is 0 Å². The summed E-state index contributed by atoms with van der Waals surface area (Å²) in [6, 6.07) is 12.1. The SMILES string of the molecule is O=C(Nc1ccc2c(c1)CN(S(=O)(=O)c1ccc(Cl)cc1)CC2)C1CCCC1. The van der Waals surface area contributed by atoms with Crippen LogP contribution in [0.15, 0.2) is 47.4 Å². The fourth-order valence-electron chi connectivity index (χ4n) is 4.00. The minimum atomic E-state index is -3.58. The van der Waals surface area contributed by atoms with Crippen LogP contribution in [-0.4, -0.2) is 25.2 Å². The van der Waals surface area contributed by atoms with Gasteiger partial charge >= 0.3 is 0 Å². The summed E-state index contributed by atoms with van der Waals surface area (Å²) in [5.74, 6) is 0.164. The third kappa shape index (κ3) is 3.95. The highest BCUT2D eigenvalue weighted by Crippen LogP contribution is 2.29. The lowest BCUT2D eigenvalue weighted by atomic mass is 10.00. The first kappa shape index (κ1) is 19.4. The van der Waals surface area contributed by atoms with E-state index in [1.165, 1.54) is 16.4 Å². The van der Waals surface area contributed by atoms with Gasteiger partial charge < -0.3 is 5.32 Å². The summed E-state index contributed by atoms with van der Waals surface area (Å²) in [6.07, 6.45) is 4.77. The lowest BCUT2D eigenvalue weighted by molar-refractivity contribution is -0.119. The van der Waals surface area contributed by atoms with Gasteiger partial charge in [-0.3, -0.25) is 4.79 Å². The first-order chi connectivity index (χ1) is 13.4. The van der Waals surface area contributed by atoms with Crippen molar-refractivity contribution in [3.8, 4) is 0 Å². The van der Waals surface area contributed by atoms with Gasteiger partial charge in [0.05, 0.1) is 4.90 Å². The summed E-state index contributed by atoms with van der Waals surface area (Å²) in [7, 11) is -3.58. The van der Waals surface area contributed by atoms with Gasteiger partial charge in [-0.1, -0.05) is 30.5 Å². The molecule has 1 heterocycles. The zero-order valence-corrected chi connectivity index (χ0v) is 17.1. The first-order valence-electron chi connectivity index (χ1n) is 9.62. The van der Waals surface area contributed by atoms with Crippen LogP contribution in [0.2, 0.25) is 5.02 Å². The largest absolute Gasteiger partial charge is 0.326 e. The van der Waals surface area contributed by atoms with E-state index in [1.54, 1.807) is 12.1 Å². The number of halogens is 1. The Labute approximate surface area is 170 Å². The van der Waals surface area contributed by atoms with Crippen LogP contribution in [0.1, 0.15) is 36.8 Å². The number of sulfonamides is 1. The molecule has 28 heavy (non-hydrogen) atoms. The van der Waals surface area contributed by atoms with Crippen molar-refractivity contribution < 1.29 is 13.2 Å². The van der Waals surface area contributed by atoms with Crippen LogP contribution in [0.3, 0.4) is 0 Å². The lowest BCUT2D eigenvalue weighted by Crippen LogP contribution is -2.36. The van der Waals surface area contributed by atoms with Crippen molar-refractivity contribution >= 4 is 33.2 Å². The molecular formula is C21H23ClN2O3S. The number of hydrogen-bond donors (Lipinski definition) is 1. The lowest BCUT2D eigenvalue weighted by Gasteiger charge is -2.28. The minimum absolute atomic E-state index is 0.0684. The monoisotopic (exact) mass is 418 g/mol. The van der Waals surface area contributed by atoms with Crippen LogP contribution in [-0.2, 0) is 27.8 Å². The van der Waals surface area contributed by atoms with E-state index in [2.05, 4.69) is 5.32 Å².